The summed E-state index contributed by atoms with van der Waals surface area (Å²) in [5, 5.41) is 0. The lowest BCUT2D eigenvalue weighted by Crippen LogP contribution is -2.64. The van der Waals surface area contributed by atoms with E-state index < -0.39 is 134 Å². The van der Waals surface area contributed by atoms with E-state index in [0.717, 1.165) is 24.0 Å². The summed E-state index contributed by atoms with van der Waals surface area (Å²) in [7, 11) is 0. The number of aryl methyl sites for hydroxylation is 2. The Labute approximate surface area is 751 Å². The van der Waals surface area contributed by atoms with Crippen LogP contribution in [0.3, 0.4) is 0 Å². The third-order valence-corrected chi connectivity index (χ3v) is 21.5. The minimum absolute atomic E-state index is 0.0687. The van der Waals surface area contributed by atoms with Crippen LogP contribution in [0, 0.1) is 0 Å². The molecule has 0 bridgehead atoms. The first-order valence-electron chi connectivity index (χ1n) is 42.9. The fourth-order valence-electron chi connectivity index (χ4n) is 15.1. The summed E-state index contributed by atoms with van der Waals surface area (Å²) in [5.41, 5.74) is 6.15. The molecule has 12 aromatic carbocycles. The summed E-state index contributed by atoms with van der Waals surface area (Å²) >= 11 is 0. The number of benzene rings is 12. The van der Waals surface area contributed by atoms with E-state index in [1.54, 1.807) is 220 Å². The number of unbranched alkanes of at least 4 members (excludes halogenated alkanes) is 3. The van der Waals surface area contributed by atoms with E-state index in [9.17, 15) is 47.9 Å². The van der Waals surface area contributed by atoms with Crippen LogP contribution in [0.4, 0.5) is 0 Å². The van der Waals surface area contributed by atoms with Crippen molar-refractivity contribution in [1.82, 2.24) is 0 Å². The van der Waals surface area contributed by atoms with Crippen LogP contribution in [-0.4, -0.2) is 148 Å². The molecule has 24 nitrogen and oxygen atoms in total. The van der Waals surface area contributed by atoms with Crippen molar-refractivity contribution in [3.63, 3.8) is 0 Å². The standard InChI is InChI=1S/C106H94O24/c1-3-117-89(107)65-71-37-33-55-81(61-71)83-63-69(57-59-85(83)121-105-95(129-103(115)79-51-29-13-30-52-79)93(127-101(113)77-47-25-11-26-48-77)91(125-99(111)75-43-21-9-22-44-75)87(123-105)67-119-97(109)73-39-17-7-18-40-73)35-15-5-6-16-36-70-58-60-86(84(64-70)82-56-34-38-72(62-82)66-90(108)118-4-2)122-106-96(130-104(116)80-53-31-14-32-54-80)94(128-102(114)78-49-27-12-28-50-78)92(126-100(112)76-45-23-10-24-46-76)88(124-106)68-120-98(110)74-41-19-8-20-42-74/h7-14,17-34,37-64,87-88,91-96,105-106H,3-6,15-16,35-36,65-68H2,1-2H3/t87-,88-,91-,92-,93+,94+,95+,96+,105+,106+/m1/s1. The van der Waals surface area contributed by atoms with Crippen molar-refractivity contribution >= 4 is 59.7 Å². The molecule has 0 spiro atoms. The third-order valence-electron chi connectivity index (χ3n) is 21.5. The monoisotopic (exact) mass is 1750 g/mol. The minimum atomic E-state index is -1.74. The van der Waals surface area contributed by atoms with Crippen molar-refractivity contribution in [2.24, 2.45) is 0 Å². The predicted octanol–water partition coefficient (Wildman–Crippen LogP) is 17.9. The average Bonchev–Trinajstić information content (AvgIpc) is 0.770. The van der Waals surface area contributed by atoms with Crippen LogP contribution < -0.4 is 9.47 Å². The van der Waals surface area contributed by atoms with E-state index in [1.165, 1.54) is 72.8 Å². The quantitative estimate of drug-likeness (QED) is 0.0198. The molecule has 10 atom stereocenters. The van der Waals surface area contributed by atoms with Gasteiger partial charge in [-0.15, -0.1) is 0 Å². The summed E-state index contributed by atoms with van der Waals surface area (Å²) < 4.78 is 88.9. The molecule has 0 unspecified atom stereocenters. The number of rotatable bonds is 37. The molecule has 2 saturated heterocycles. The first kappa shape index (κ1) is 91.1. The second kappa shape index (κ2) is 45.3. The van der Waals surface area contributed by atoms with Gasteiger partial charge in [-0.2, -0.15) is 0 Å². The highest BCUT2D eigenvalue weighted by molar-refractivity contribution is 5.94. The van der Waals surface area contributed by atoms with E-state index in [2.05, 4.69) is 0 Å². The maximum absolute atomic E-state index is 14.7. The molecule has 0 radical (unpaired) electrons. The topological polar surface area (TPSA) is 300 Å². The Kier molecular flexibility index (Phi) is 31.8. The number of hydrogen-bond acceptors (Lipinski definition) is 24. The van der Waals surface area contributed by atoms with Gasteiger partial charge in [0.1, 0.15) is 36.9 Å². The summed E-state index contributed by atoms with van der Waals surface area (Å²) in [6.45, 7) is 2.55. The molecule has 2 aliphatic heterocycles. The molecular formula is C106H94O24. The van der Waals surface area contributed by atoms with Crippen LogP contribution in [-0.2, 0) is 92.1 Å². The van der Waals surface area contributed by atoms with Gasteiger partial charge < -0.3 is 66.3 Å². The molecule has 2 aliphatic rings. The van der Waals surface area contributed by atoms with Crippen LogP contribution >= 0.6 is 0 Å². The van der Waals surface area contributed by atoms with Crippen molar-refractivity contribution in [2.75, 3.05) is 26.4 Å². The summed E-state index contributed by atoms with van der Waals surface area (Å²) in [6, 6.07) is 90.2. The Morgan fingerprint density at radius 3 is 0.808 bits per heavy atom. The molecule has 0 aromatic heterocycles. The summed E-state index contributed by atoms with van der Waals surface area (Å²) in [5.74, 6) is -7.41. The molecule has 2 heterocycles. The fourth-order valence-corrected chi connectivity index (χ4v) is 15.1. The second-order valence-electron chi connectivity index (χ2n) is 30.6. The van der Waals surface area contributed by atoms with Gasteiger partial charge >= 0.3 is 59.7 Å². The van der Waals surface area contributed by atoms with E-state index in [4.69, 9.17) is 66.3 Å². The number of ether oxygens (including phenoxy) is 14. The highest BCUT2D eigenvalue weighted by Gasteiger charge is 2.56. The van der Waals surface area contributed by atoms with Gasteiger partial charge in [0.15, 0.2) is 24.4 Å². The fraction of sp³-hybridized carbons (Fsp3) is 0.226. The molecule has 0 amide bonds. The maximum atomic E-state index is 14.7. The van der Waals surface area contributed by atoms with E-state index >= 15 is 0 Å². The lowest BCUT2D eigenvalue weighted by Gasteiger charge is -2.44. The first-order chi connectivity index (χ1) is 63.5. The van der Waals surface area contributed by atoms with E-state index in [1.807, 2.05) is 48.5 Å². The van der Waals surface area contributed by atoms with Crippen molar-refractivity contribution in [2.45, 2.75) is 127 Å². The second-order valence-corrected chi connectivity index (χ2v) is 30.6. The number of carbonyl (C=O) groups is 10. The van der Waals surface area contributed by atoms with Crippen molar-refractivity contribution in [3.05, 3.63) is 394 Å². The number of hydrogen-bond donors (Lipinski definition) is 0. The first-order valence-corrected chi connectivity index (χ1v) is 42.9. The van der Waals surface area contributed by atoms with Crippen molar-refractivity contribution < 1.29 is 114 Å². The van der Waals surface area contributed by atoms with Gasteiger partial charge in [0.05, 0.1) is 70.6 Å². The van der Waals surface area contributed by atoms with Gasteiger partial charge in [0.25, 0.3) is 0 Å². The molecule has 14 rings (SSSR count). The largest absolute Gasteiger partial charge is 0.466 e. The van der Waals surface area contributed by atoms with Crippen molar-refractivity contribution in [1.29, 1.82) is 0 Å². The molecule has 662 valence electrons. The lowest BCUT2D eigenvalue weighted by molar-refractivity contribution is -0.275. The SMILES string of the molecule is CCOC(=O)Cc1cccc(-c2cc(CCCCCCc3ccc(O[C@H]4O[C@H](COC(=O)c5ccccc5)[C@@H](OC(=O)c5ccccc5)[C@H](OC(=O)c5ccccc5)[C@@H]4OC(=O)c4ccccc4)c(-c4cccc(CC(=O)OCC)c4)c3)ccc2O[C@H]2O[C@H](COC(=O)c3ccccc3)[C@@H](OC(=O)c3ccccc3)[C@H](OC(=O)c3ccccc3)[C@@H]2OC(=O)c2ccccc2)c1. The van der Waals surface area contributed by atoms with Gasteiger partial charge in [0, 0.05) is 11.1 Å². The average molecular weight is 1750 g/mol. The smallest absolute Gasteiger partial charge is 0.338 e. The van der Waals surface area contributed by atoms with Gasteiger partial charge in [0.2, 0.25) is 24.8 Å². The van der Waals surface area contributed by atoms with Crippen LogP contribution in [0.15, 0.2) is 328 Å². The van der Waals surface area contributed by atoms with Crippen LogP contribution in [0.5, 0.6) is 11.5 Å². The van der Waals surface area contributed by atoms with Gasteiger partial charge in [-0.3, -0.25) is 9.59 Å². The third kappa shape index (κ3) is 24.5. The Hall–Kier alpha value is -15.1. The van der Waals surface area contributed by atoms with Crippen LogP contribution in [0.25, 0.3) is 22.3 Å². The zero-order chi connectivity index (χ0) is 90.5. The van der Waals surface area contributed by atoms with Crippen LogP contribution in [0.2, 0.25) is 0 Å². The molecule has 130 heavy (non-hydrogen) atoms. The molecule has 0 N–H and O–H groups in total. The highest BCUT2D eigenvalue weighted by atomic mass is 16.8. The summed E-state index contributed by atoms with van der Waals surface area (Å²) in [4.78, 5) is 141. The molecule has 2 fully saturated rings. The Morgan fingerprint density at radius 1 is 0.254 bits per heavy atom. The van der Waals surface area contributed by atoms with Gasteiger partial charge in [-0.25, -0.2) is 38.4 Å². The minimum Gasteiger partial charge on any atom is -0.466 e. The van der Waals surface area contributed by atoms with E-state index in [0.29, 0.717) is 59.1 Å². The molecule has 24 heteroatoms. The van der Waals surface area contributed by atoms with Gasteiger partial charge in [-0.05, 0) is 194 Å². The predicted molar refractivity (Wildman–Crippen MR) is 476 cm³/mol. The van der Waals surface area contributed by atoms with Gasteiger partial charge in [-0.1, -0.05) is 219 Å². The Morgan fingerprint density at radius 2 is 0.523 bits per heavy atom. The normalized spacial score (nSPS) is 17.9. The zero-order valence-corrected chi connectivity index (χ0v) is 71.2. The van der Waals surface area contributed by atoms with E-state index in [-0.39, 0.29) is 82.1 Å². The Bertz CT molecular complexity index is 5490. The van der Waals surface area contributed by atoms with Crippen LogP contribution in [0.1, 0.15) is 145 Å². The lowest BCUT2D eigenvalue weighted by atomic mass is 9.95. The summed E-state index contributed by atoms with van der Waals surface area (Å²) in [6.07, 6.45) is -12.9. The van der Waals surface area contributed by atoms with Crippen molar-refractivity contribution in [3.8, 4) is 33.8 Å². The Balaban J connectivity index is 0.768. The molecule has 0 aliphatic carbocycles. The number of carbonyl (C=O) groups excluding carboxylic acids is 10. The molecular weight excluding hydrogens is 1660 g/mol. The zero-order valence-electron chi connectivity index (χ0n) is 71.2. The highest BCUT2D eigenvalue weighted by Crippen LogP contribution is 2.41. The maximum Gasteiger partial charge on any atom is 0.338 e. The molecule has 12 aromatic rings. The number of esters is 10. The molecule has 0 saturated carbocycles.